The summed E-state index contributed by atoms with van der Waals surface area (Å²) in [5, 5.41) is 3.84. The average Bonchev–Trinajstić information content (AvgIpc) is 3.00. The van der Waals surface area contributed by atoms with Crippen LogP contribution >= 0.6 is 15.9 Å². The lowest BCUT2D eigenvalue weighted by Gasteiger charge is -2.60. The Kier molecular flexibility index (Phi) is 5.30. The van der Waals surface area contributed by atoms with Crippen molar-refractivity contribution in [3.63, 3.8) is 0 Å². The van der Waals surface area contributed by atoms with Gasteiger partial charge >= 0.3 is 6.09 Å². The predicted octanol–water partition coefficient (Wildman–Crippen LogP) is 4.12. The molecule has 0 aromatic carbocycles. The first kappa shape index (κ1) is 20.2. The fraction of sp³-hybridized carbons (Fsp3) is 0.818. The maximum Gasteiger partial charge on any atom is 0.407 e. The molecule has 0 unspecified atom stereocenters. The van der Waals surface area contributed by atoms with Crippen molar-refractivity contribution in [3.8, 4) is 0 Å². The van der Waals surface area contributed by atoms with Crippen molar-refractivity contribution in [2.75, 3.05) is 19.0 Å². The topological polar surface area (TPSA) is 58.6 Å². The van der Waals surface area contributed by atoms with E-state index in [1.165, 1.54) is 19.3 Å². The highest BCUT2D eigenvalue weighted by Crippen LogP contribution is 2.63. The van der Waals surface area contributed by atoms with Crippen LogP contribution in [0.3, 0.4) is 0 Å². The maximum atomic E-state index is 12.2. The molecule has 6 heteroatoms. The Hall–Kier alpha value is -1.04. The number of nitrogens with one attached hydrogen (secondary N) is 1. The van der Waals surface area contributed by atoms with Gasteiger partial charge in [0.05, 0.1) is 0 Å². The van der Waals surface area contributed by atoms with Crippen molar-refractivity contribution in [1.82, 2.24) is 10.2 Å². The Morgan fingerprint density at radius 1 is 1.25 bits per heavy atom. The van der Waals surface area contributed by atoms with Gasteiger partial charge in [-0.05, 0) is 67.8 Å². The number of fused-ring (bicyclic) bond motifs is 5. The van der Waals surface area contributed by atoms with E-state index in [0.717, 1.165) is 19.3 Å². The van der Waals surface area contributed by atoms with E-state index in [0.29, 0.717) is 35.7 Å². The molecule has 0 radical (unpaired) electrons. The van der Waals surface area contributed by atoms with E-state index >= 15 is 0 Å². The zero-order valence-corrected chi connectivity index (χ0v) is 18.8. The number of nitrogens with zero attached hydrogens (tertiary/aromatic N) is 1. The lowest BCUT2D eigenvalue weighted by atomic mass is 9.48. The fourth-order valence-corrected chi connectivity index (χ4v) is 7.45. The lowest BCUT2D eigenvalue weighted by molar-refractivity contribution is -0.138. The van der Waals surface area contributed by atoms with Crippen molar-refractivity contribution in [3.05, 3.63) is 12.2 Å². The first-order valence-electron chi connectivity index (χ1n) is 10.8. The molecule has 4 rings (SSSR count). The van der Waals surface area contributed by atoms with Crippen molar-refractivity contribution < 1.29 is 14.3 Å². The smallest absolute Gasteiger partial charge is 0.407 e. The van der Waals surface area contributed by atoms with Crippen LogP contribution in [0.1, 0.15) is 52.4 Å². The van der Waals surface area contributed by atoms with E-state index < -0.39 is 0 Å². The number of hydrogen-bond donors (Lipinski definition) is 1. The van der Waals surface area contributed by atoms with Gasteiger partial charge < -0.3 is 15.0 Å². The maximum absolute atomic E-state index is 12.2. The first-order valence-corrected chi connectivity index (χ1v) is 11.9. The third kappa shape index (κ3) is 3.01. The Labute approximate surface area is 176 Å². The summed E-state index contributed by atoms with van der Waals surface area (Å²) in [6.45, 7) is 5.16. The molecule has 0 aromatic heterocycles. The second-order valence-electron chi connectivity index (χ2n) is 9.76. The number of ether oxygens (including phenoxy) is 1. The Bertz CT molecular complexity index is 683. The molecule has 3 aliphatic carbocycles. The van der Waals surface area contributed by atoms with E-state index in [9.17, 15) is 9.59 Å². The number of alkyl halides is 1. The monoisotopic (exact) mass is 452 g/mol. The molecule has 7 atom stereocenters. The molecule has 0 saturated heterocycles. The average molecular weight is 453 g/mol. The number of halogens is 1. The minimum atomic E-state index is -0.278. The summed E-state index contributed by atoms with van der Waals surface area (Å²) >= 11 is 3.30. The van der Waals surface area contributed by atoms with Crippen LogP contribution < -0.4 is 5.32 Å². The SMILES string of the molecule is CN1C(=O)C=C[C@]2(C)[C@H]3CC[C@]4(C)[C@@H](NC(=O)OCCBr)CC[C@H]4[C@@H]3CC[C@@H]12. The van der Waals surface area contributed by atoms with Crippen molar-refractivity contribution >= 4 is 27.9 Å². The van der Waals surface area contributed by atoms with E-state index in [1.807, 2.05) is 11.9 Å². The predicted molar refractivity (Wildman–Crippen MR) is 112 cm³/mol. The molecule has 5 nitrogen and oxygen atoms in total. The van der Waals surface area contributed by atoms with Gasteiger partial charge in [-0.15, -0.1) is 0 Å². The quantitative estimate of drug-likeness (QED) is 0.655. The highest BCUT2D eigenvalue weighted by atomic mass is 79.9. The van der Waals surface area contributed by atoms with Gasteiger partial charge in [-0.1, -0.05) is 35.9 Å². The van der Waals surface area contributed by atoms with Crippen LogP contribution in [0.5, 0.6) is 0 Å². The molecule has 0 aromatic rings. The van der Waals surface area contributed by atoms with Crippen LogP contribution in [0.15, 0.2) is 12.2 Å². The summed E-state index contributed by atoms with van der Waals surface area (Å²) in [7, 11) is 1.97. The molecule has 0 bridgehead atoms. The molecular formula is C22H33BrN2O3. The van der Waals surface area contributed by atoms with Crippen LogP contribution in [-0.2, 0) is 9.53 Å². The number of alkyl carbamates (subject to hydrolysis) is 1. The summed E-state index contributed by atoms with van der Waals surface area (Å²) < 4.78 is 5.25. The van der Waals surface area contributed by atoms with Crippen LogP contribution in [0, 0.1) is 28.6 Å². The van der Waals surface area contributed by atoms with Gasteiger partial charge in [0.25, 0.3) is 0 Å². The molecular weight excluding hydrogens is 420 g/mol. The van der Waals surface area contributed by atoms with Crippen LogP contribution in [0.2, 0.25) is 0 Å². The second-order valence-corrected chi connectivity index (χ2v) is 10.6. The minimum absolute atomic E-state index is 0.0766. The molecule has 4 aliphatic rings. The van der Waals surface area contributed by atoms with Crippen molar-refractivity contribution in [2.45, 2.75) is 64.5 Å². The Morgan fingerprint density at radius 2 is 2.04 bits per heavy atom. The molecule has 1 N–H and O–H groups in total. The first-order chi connectivity index (χ1) is 13.3. The van der Waals surface area contributed by atoms with Gasteiger partial charge in [-0.25, -0.2) is 4.79 Å². The van der Waals surface area contributed by atoms with Gasteiger partial charge in [-0.3, -0.25) is 4.79 Å². The van der Waals surface area contributed by atoms with Crippen LogP contribution in [-0.4, -0.2) is 48.0 Å². The summed E-state index contributed by atoms with van der Waals surface area (Å²) in [4.78, 5) is 26.3. The second kappa shape index (κ2) is 7.33. The van der Waals surface area contributed by atoms with Gasteiger partial charge in [0.2, 0.25) is 5.91 Å². The minimum Gasteiger partial charge on any atom is -0.449 e. The highest BCUT2D eigenvalue weighted by Gasteiger charge is 2.60. The highest BCUT2D eigenvalue weighted by molar-refractivity contribution is 9.09. The molecule has 1 aliphatic heterocycles. The zero-order chi connectivity index (χ0) is 20.1. The third-order valence-electron chi connectivity index (χ3n) is 8.73. The van der Waals surface area contributed by atoms with E-state index in [4.69, 9.17) is 4.74 Å². The number of rotatable bonds is 3. The molecule has 156 valence electrons. The van der Waals surface area contributed by atoms with Gasteiger partial charge in [0.1, 0.15) is 6.61 Å². The molecule has 2 amide bonds. The van der Waals surface area contributed by atoms with Gasteiger partial charge in [0.15, 0.2) is 0 Å². The number of carbonyl (C=O) groups is 2. The summed E-state index contributed by atoms with van der Waals surface area (Å²) in [6.07, 6.45) is 10.6. The molecule has 1 heterocycles. The summed E-state index contributed by atoms with van der Waals surface area (Å²) in [5.41, 5.74) is 0.227. The number of hydrogen-bond acceptors (Lipinski definition) is 3. The number of likely N-dealkylation sites (N-methyl/N-ethyl adjacent to an activating group) is 1. The zero-order valence-electron chi connectivity index (χ0n) is 17.2. The van der Waals surface area contributed by atoms with E-state index in [-0.39, 0.29) is 28.9 Å². The van der Waals surface area contributed by atoms with Gasteiger partial charge in [-0.2, -0.15) is 0 Å². The van der Waals surface area contributed by atoms with Crippen molar-refractivity contribution in [1.29, 1.82) is 0 Å². The van der Waals surface area contributed by atoms with E-state index in [1.54, 1.807) is 6.08 Å². The Balaban J connectivity index is 1.53. The summed E-state index contributed by atoms with van der Waals surface area (Å²) in [6, 6.07) is 0.531. The normalized spacial score (nSPS) is 44.5. The van der Waals surface area contributed by atoms with Gasteiger partial charge in [0, 0.05) is 29.9 Å². The number of amides is 2. The largest absolute Gasteiger partial charge is 0.449 e. The standard InChI is InChI=1S/C22H33BrN2O3/c1-21-10-8-16-14(4-7-18-22(16,2)11-9-19(26)25(18)3)15(21)5-6-17(21)24-20(27)28-13-12-23/h9,11,14-18H,4-8,10,12-13H2,1-3H3,(H,24,27)/t14-,15-,16-,17-,18+,21-,22+/m0/s1. The molecule has 0 spiro atoms. The van der Waals surface area contributed by atoms with Crippen molar-refractivity contribution in [2.24, 2.45) is 28.6 Å². The fourth-order valence-electron chi connectivity index (χ4n) is 7.29. The number of carbonyl (C=O) groups excluding carboxylic acids is 2. The van der Waals surface area contributed by atoms with E-state index in [2.05, 4.69) is 41.2 Å². The van der Waals surface area contributed by atoms with Crippen LogP contribution in [0.4, 0.5) is 4.79 Å². The molecule has 28 heavy (non-hydrogen) atoms. The summed E-state index contributed by atoms with van der Waals surface area (Å²) in [5.74, 6) is 2.09. The Morgan fingerprint density at radius 3 is 2.79 bits per heavy atom. The molecule has 3 fully saturated rings. The third-order valence-corrected chi connectivity index (χ3v) is 9.05. The molecule has 3 saturated carbocycles. The lowest BCUT2D eigenvalue weighted by Crippen LogP contribution is -2.60. The van der Waals surface area contributed by atoms with Crippen LogP contribution in [0.25, 0.3) is 0 Å².